The summed E-state index contributed by atoms with van der Waals surface area (Å²) in [7, 11) is 0. The molecular weight excluding hydrogens is 410 g/mol. The summed E-state index contributed by atoms with van der Waals surface area (Å²) < 4.78 is 54.2. The Kier molecular flexibility index (Phi) is 4.58. The molecule has 0 spiro atoms. The van der Waals surface area contributed by atoms with Crippen LogP contribution in [-0.4, -0.2) is 15.5 Å². The van der Waals surface area contributed by atoms with Gasteiger partial charge in [0.05, 0.1) is 22.8 Å². The van der Waals surface area contributed by atoms with Gasteiger partial charge < -0.3 is 5.32 Å². The molecule has 0 aliphatic heterocycles. The number of hydrogen-bond acceptors (Lipinski definition) is 4. The number of carbonyl (C=O) groups excluding carboxylic acids is 1. The number of aromatic nitrogens is 2. The van der Waals surface area contributed by atoms with Crippen molar-refractivity contribution in [1.29, 1.82) is 0 Å². The maximum absolute atomic E-state index is 14.1. The van der Waals surface area contributed by atoms with Crippen LogP contribution in [0, 0.1) is 5.82 Å². The average molecular weight is 421 g/mol. The number of nitrogens with zero attached hydrogens (tertiary/aromatic N) is 2. The lowest BCUT2D eigenvalue weighted by molar-refractivity contribution is -0.137. The van der Waals surface area contributed by atoms with Gasteiger partial charge in [-0.1, -0.05) is 12.1 Å². The van der Waals surface area contributed by atoms with Crippen molar-refractivity contribution >= 4 is 43.2 Å². The summed E-state index contributed by atoms with van der Waals surface area (Å²) in [6.07, 6.45) is -3.42. The van der Waals surface area contributed by atoms with Crippen LogP contribution < -0.4 is 10.9 Å². The van der Waals surface area contributed by atoms with Gasteiger partial charge in [0, 0.05) is 10.4 Å². The number of halogens is 4. The number of alkyl halides is 3. The molecule has 5 nitrogen and oxygen atoms in total. The normalized spacial score (nSPS) is 11.9. The zero-order chi connectivity index (χ0) is 20.8. The zero-order valence-corrected chi connectivity index (χ0v) is 15.3. The first-order valence-corrected chi connectivity index (χ1v) is 9.09. The number of hydrogen-bond donors (Lipinski definition) is 1. The van der Waals surface area contributed by atoms with Crippen LogP contribution in [0.2, 0.25) is 0 Å². The van der Waals surface area contributed by atoms with Crippen molar-refractivity contribution in [1.82, 2.24) is 9.55 Å². The van der Waals surface area contributed by atoms with Crippen molar-refractivity contribution < 1.29 is 22.4 Å². The van der Waals surface area contributed by atoms with E-state index >= 15 is 0 Å². The van der Waals surface area contributed by atoms with Gasteiger partial charge in [-0.15, -0.1) is 11.3 Å². The number of rotatable bonds is 3. The molecule has 0 saturated carbocycles. The van der Waals surface area contributed by atoms with Crippen LogP contribution in [0.15, 0.2) is 53.6 Å². The van der Waals surface area contributed by atoms with E-state index < -0.39 is 35.6 Å². The Balaban J connectivity index is 1.62. The third kappa shape index (κ3) is 3.58. The van der Waals surface area contributed by atoms with Gasteiger partial charge in [0.2, 0.25) is 5.91 Å². The van der Waals surface area contributed by atoms with E-state index in [1.165, 1.54) is 24.3 Å². The maximum atomic E-state index is 14.1. The molecule has 29 heavy (non-hydrogen) atoms. The van der Waals surface area contributed by atoms with Crippen LogP contribution in [0.25, 0.3) is 20.3 Å². The fraction of sp³-hybridized carbons (Fsp3) is 0.105. The molecule has 1 amide bonds. The highest BCUT2D eigenvalue weighted by molar-refractivity contribution is 7.25. The summed E-state index contributed by atoms with van der Waals surface area (Å²) in [6, 6.07) is 8.62. The van der Waals surface area contributed by atoms with Crippen LogP contribution >= 0.6 is 11.3 Å². The lowest BCUT2D eigenvalue weighted by Gasteiger charge is -2.10. The van der Waals surface area contributed by atoms with Gasteiger partial charge in [-0.05, 0) is 30.3 Å². The summed E-state index contributed by atoms with van der Waals surface area (Å²) in [5, 5.41) is 2.57. The number of anilines is 1. The number of thiophene rings is 1. The number of amides is 1. The molecule has 2 aromatic carbocycles. The molecule has 1 N–H and O–H groups in total. The molecule has 2 heterocycles. The van der Waals surface area contributed by atoms with E-state index in [-0.39, 0.29) is 21.3 Å². The van der Waals surface area contributed by atoms with E-state index in [1.807, 2.05) is 0 Å². The zero-order valence-electron chi connectivity index (χ0n) is 14.5. The fourth-order valence-electron chi connectivity index (χ4n) is 2.91. The second kappa shape index (κ2) is 6.96. The molecule has 148 valence electrons. The van der Waals surface area contributed by atoms with Gasteiger partial charge in [-0.3, -0.25) is 14.2 Å². The number of nitrogens with one attached hydrogen (secondary N) is 1. The average Bonchev–Trinajstić information content (AvgIpc) is 3.04. The van der Waals surface area contributed by atoms with Crippen molar-refractivity contribution in [2.24, 2.45) is 0 Å². The second-order valence-corrected chi connectivity index (χ2v) is 7.25. The Hall–Kier alpha value is -3.27. The largest absolute Gasteiger partial charge is 0.416 e. The Morgan fingerprint density at radius 2 is 1.93 bits per heavy atom. The molecule has 0 unspecified atom stereocenters. The Bertz CT molecular complexity index is 1310. The van der Waals surface area contributed by atoms with E-state index in [1.54, 1.807) is 6.07 Å². The third-order valence-electron chi connectivity index (χ3n) is 4.21. The molecule has 10 heteroatoms. The lowest BCUT2D eigenvalue weighted by atomic mass is 10.2. The topological polar surface area (TPSA) is 64.0 Å². The van der Waals surface area contributed by atoms with E-state index in [9.17, 15) is 27.2 Å². The van der Waals surface area contributed by atoms with Crippen LogP contribution in [-0.2, 0) is 17.5 Å². The first-order chi connectivity index (χ1) is 13.7. The number of carbonyl (C=O) groups is 1. The molecule has 2 aromatic heterocycles. The molecule has 4 rings (SSSR count). The lowest BCUT2D eigenvalue weighted by Crippen LogP contribution is -2.27. The highest BCUT2D eigenvalue weighted by atomic mass is 32.1. The monoisotopic (exact) mass is 421 g/mol. The summed E-state index contributed by atoms with van der Waals surface area (Å²) >= 11 is 1.06. The highest BCUT2D eigenvalue weighted by Gasteiger charge is 2.30. The van der Waals surface area contributed by atoms with Gasteiger partial charge in [0.1, 0.15) is 17.1 Å². The SMILES string of the molecule is O=C(Cn1cnc2c(sc3cccc(F)c32)c1=O)Nc1cccc(C(F)(F)F)c1. The predicted molar refractivity (Wildman–Crippen MR) is 101 cm³/mol. The number of benzene rings is 2. The van der Waals surface area contributed by atoms with E-state index in [2.05, 4.69) is 10.3 Å². The Morgan fingerprint density at radius 3 is 2.69 bits per heavy atom. The van der Waals surface area contributed by atoms with Gasteiger partial charge in [0.15, 0.2) is 0 Å². The summed E-state index contributed by atoms with van der Waals surface area (Å²) in [5.41, 5.74) is -1.27. The van der Waals surface area contributed by atoms with Crippen molar-refractivity contribution in [2.45, 2.75) is 12.7 Å². The van der Waals surface area contributed by atoms with Crippen LogP contribution in [0.3, 0.4) is 0 Å². The minimum Gasteiger partial charge on any atom is -0.325 e. The third-order valence-corrected chi connectivity index (χ3v) is 5.34. The second-order valence-electron chi connectivity index (χ2n) is 6.20. The minimum absolute atomic E-state index is 0.0455. The maximum Gasteiger partial charge on any atom is 0.416 e. The number of fused-ring (bicyclic) bond motifs is 3. The fourth-order valence-corrected chi connectivity index (χ4v) is 4.03. The van der Waals surface area contributed by atoms with Crippen molar-refractivity contribution in [3.8, 4) is 0 Å². The van der Waals surface area contributed by atoms with Gasteiger partial charge in [-0.2, -0.15) is 13.2 Å². The van der Waals surface area contributed by atoms with Crippen molar-refractivity contribution in [3.05, 3.63) is 70.5 Å². The minimum atomic E-state index is -4.54. The highest BCUT2D eigenvalue weighted by Crippen LogP contribution is 2.32. The van der Waals surface area contributed by atoms with Crippen LogP contribution in [0.1, 0.15) is 5.56 Å². The predicted octanol–water partition coefficient (Wildman–Crippen LogP) is 4.41. The molecule has 0 aliphatic rings. The Labute approximate surface area is 164 Å². The van der Waals surface area contributed by atoms with E-state index in [4.69, 9.17) is 0 Å². The molecule has 0 fully saturated rings. The van der Waals surface area contributed by atoms with E-state index in [0.29, 0.717) is 4.70 Å². The standard InChI is InChI=1S/C19H11F4N3O2S/c20-12-5-2-6-13-15(12)16-17(29-13)18(28)26(9-24-16)8-14(27)25-11-4-1-3-10(7-11)19(21,22)23/h1-7,9H,8H2,(H,25,27). The first kappa shape index (κ1) is 19.1. The first-order valence-electron chi connectivity index (χ1n) is 8.27. The molecule has 4 aromatic rings. The quantitative estimate of drug-likeness (QED) is 0.499. The molecule has 0 aliphatic carbocycles. The van der Waals surface area contributed by atoms with Crippen molar-refractivity contribution in [3.63, 3.8) is 0 Å². The molecule has 0 radical (unpaired) electrons. The van der Waals surface area contributed by atoms with Crippen LogP contribution in [0.4, 0.5) is 23.2 Å². The molecule has 0 bridgehead atoms. The smallest absolute Gasteiger partial charge is 0.325 e. The molecule has 0 atom stereocenters. The van der Waals surface area contributed by atoms with E-state index in [0.717, 1.165) is 34.4 Å². The van der Waals surface area contributed by atoms with Gasteiger partial charge >= 0.3 is 6.18 Å². The summed E-state index contributed by atoms with van der Waals surface area (Å²) in [6.45, 7) is -0.450. The molecule has 0 saturated heterocycles. The summed E-state index contributed by atoms with van der Waals surface area (Å²) in [4.78, 5) is 29.0. The molecular formula is C19H11F4N3O2S. The summed E-state index contributed by atoms with van der Waals surface area (Å²) in [5.74, 6) is -1.19. The van der Waals surface area contributed by atoms with Gasteiger partial charge in [0.25, 0.3) is 5.56 Å². The van der Waals surface area contributed by atoms with Crippen molar-refractivity contribution in [2.75, 3.05) is 5.32 Å². The Morgan fingerprint density at radius 1 is 1.17 bits per heavy atom. The van der Waals surface area contributed by atoms with Gasteiger partial charge in [-0.25, -0.2) is 9.37 Å². The van der Waals surface area contributed by atoms with Crippen LogP contribution in [0.5, 0.6) is 0 Å².